The third-order valence-electron chi connectivity index (χ3n) is 5.32. The minimum absolute atomic E-state index is 0.0138. The molecule has 1 N–H and O–H groups in total. The molecule has 1 heterocycles. The maximum Gasteiger partial charge on any atom is 0.251 e. The summed E-state index contributed by atoms with van der Waals surface area (Å²) in [4.78, 5) is 26.8. The Kier molecular flexibility index (Phi) is 7.03. The zero-order valence-electron chi connectivity index (χ0n) is 16.0. The lowest BCUT2D eigenvalue weighted by atomic mass is 9.98. The van der Waals surface area contributed by atoms with Gasteiger partial charge in [-0.15, -0.1) is 0 Å². The third-order valence-corrected chi connectivity index (χ3v) is 5.32. The fourth-order valence-electron chi connectivity index (χ4n) is 3.43. The van der Waals surface area contributed by atoms with Crippen molar-refractivity contribution in [1.82, 2.24) is 10.2 Å². The maximum atomic E-state index is 12.4. The number of benzene rings is 1. The van der Waals surface area contributed by atoms with Gasteiger partial charge in [0.2, 0.25) is 5.91 Å². The molecule has 1 aromatic carbocycles. The largest absolute Gasteiger partial charge is 0.349 e. The highest BCUT2D eigenvalue weighted by Gasteiger charge is 2.27. The molecule has 4 nitrogen and oxygen atoms in total. The SMILES string of the molecule is CCC(CC)C(=O)N1CCC(NC(=O)c2ccc(C(C)C)cc2)CC1. The summed E-state index contributed by atoms with van der Waals surface area (Å²) < 4.78 is 0. The molecule has 1 saturated heterocycles. The average Bonchev–Trinajstić information content (AvgIpc) is 2.63. The molecule has 0 saturated carbocycles. The fraction of sp³-hybridized carbons (Fsp3) is 0.619. The van der Waals surface area contributed by atoms with E-state index in [0.29, 0.717) is 11.5 Å². The van der Waals surface area contributed by atoms with Crippen molar-refractivity contribution in [2.75, 3.05) is 13.1 Å². The van der Waals surface area contributed by atoms with Gasteiger partial charge in [-0.05, 0) is 49.3 Å². The second-order valence-electron chi connectivity index (χ2n) is 7.36. The van der Waals surface area contributed by atoms with Crippen molar-refractivity contribution < 1.29 is 9.59 Å². The van der Waals surface area contributed by atoms with Crippen molar-refractivity contribution in [1.29, 1.82) is 0 Å². The molecule has 1 fully saturated rings. The van der Waals surface area contributed by atoms with Crippen LogP contribution in [0.4, 0.5) is 0 Å². The Morgan fingerprint density at radius 2 is 1.64 bits per heavy atom. The molecule has 0 aliphatic carbocycles. The zero-order chi connectivity index (χ0) is 18.4. The summed E-state index contributed by atoms with van der Waals surface area (Å²) in [5, 5.41) is 3.12. The van der Waals surface area contributed by atoms with Gasteiger partial charge in [-0.3, -0.25) is 9.59 Å². The molecule has 0 atom stereocenters. The third kappa shape index (κ3) is 5.07. The van der Waals surface area contributed by atoms with Crippen molar-refractivity contribution in [2.45, 2.75) is 65.3 Å². The van der Waals surface area contributed by atoms with E-state index in [2.05, 4.69) is 33.0 Å². The highest BCUT2D eigenvalue weighted by atomic mass is 16.2. The Labute approximate surface area is 152 Å². The topological polar surface area (TPSA) is 49.4 Å². The molecule has 0 bridgehead atoms. The van der Waals surface area contributed by atoms with Gasteiger partial charge in [0.25, 0.3) is 5.91 Å². The van der Waals surface area contributed by atoms with Crippen molar-refractivity contribution >= 4 is 11.8 Å². The van der Waals surface area contributed by atoms with Crippen LogP contribution in [-0.4, -0.2) is 35.8 Å². The van der Waals surface area contributed by atoms with E-state index in [4.69, 9.17) is 0 Å². The Morgan fingerprint density at radius 1 is 1.08 bits per heavy atom. The number of hydrogen-bond acceptors (Lipinski definition) is 2. The summed E-state index contributed by atoms with van der Waals surface area (Å²) in [6, 6.07) is 8.00. The van der Waals surface area contributed by atoms with Crippen molar-refractivity contribution in [3.63, 3.8) is 0 Å². The van der Waals surface area contributed by atoms with Crippen LogP contribution in [0, 0.1) is 5.92 Å². The van der Waals surface area contributed by atoms with Crippen LogP contribution in [0.25, 0.3) is 0 Å². The summed E-state index contributed by atoms with van der Waals surface area (Å²) >= 11 is 0. The Morgan fingerprint density at radius 3 is 2.12 bits per heavy atom. The van der Waals surface area contributed by atoms with Crippen LogP contribution in [-0.2, 0) is 4.79 Å². The van der Waals surface area contributed by atoms with Crippen LogP contribution < -0.4 is 5.32 Å². The molecule has 25 heavy (non-hydrogen) atoms. The number of carbonyl (C=O) groups excluding carboxylic acids is 2. The van der Waals surface area contributed by atoms with E-state index in [1.165, 1.54) is 5.56 Å². The van der Waals surface area contributed by atoms with E-state index in [1.807, 2.05) is 29.2 Å². The van der Waals surface area contributed by atoms with Crippen LogP contribution in [0.2, 0.25) is 0 Å². The van der Waals surface area contributed by atoms with Gasteiger partial charge in [0.05, 0.1) is 0 Å². The minimum atomic E-state index is -0.0138. The first-order valence-corrected chi connectivity index (χ1v) is 9.65. The number of rotatable bonds is 6. The van der Waals surface area contributed by atoms with E-state index in [1.54, 1.807) is 0 Å². The first-order valence-electron chi connectivity index (χ1n) is 9.65. The monoisotopic (exact) mass is 344 g/mol. The van der Waals surface area contributed by atoms with Crippen LogP contribution in [0.5, 0.6) is 0 Å². The summed E-state index contributed by atoms with van der Waals surface area (Å²) in [7, 11) is 0. The van der Waals surface area contributed by atoms with Crippen LogP contribution in [0.3, 0.4) is 0 Å². The van der Waals surface area contributed by atoms with Crippen molar-refractivity contribution in [2.24, 2.45) is 5.92 Å². The number of carbonyl (C=O) groups is 2. The molecule has 1 aliphatic rings. The summed E-state index contributed by atoms with van der Waals surface area (Å²) in [6.45, 7) is 9.92. The molecule has 4 heteroatoms. The van der Waals surface area contributed by atoms with Gasteiger partial charge < -0.3 is 10.2 Å². The predicted molar refractivity (Wildman–Crippen MR) is 102 cm³/mol. The summed E-state index contributed by atoms with van der Waals surface area (Å²) in [5.74, 6) is 0.874. The first-order chi connectivity index (χ1) is 12.0. The number of likely N-dealkylation sites (tertiary alicyclic amines) is 1. The van der Waals surface area contributed by atoms with Gasteiger partial charge in [0.15, 0.2) is 0 Å². The lowest BCUT2D eigenvalue weighted by molar-refractivity contribution is -0.136. The van der Waals surface area contributed by atoms with Gasteiger partial charge >= 0.3 is 0 Å². The molecule has 2 amide bonds. The average molecular weight is 344 g/mol. The lowest BCUT2D eigenvalue weighted by Crippen LogP contribution is -2.48. The maximum absolute atomic E-state index is 12.4. The standard InChI is InChI=1S/C21H32N2O2/c1-5-16(6-2)21(25)23-13-11-19(12-14-23)22-20(24)18-9-7-17(8-10-18)15(3)4/h7-10,15-16,19H,5-6,11-14H2,1-4H3,(H,22,24). The smallest absolute Gasteiger partial charge is 0.251 e. The van der Waals surface area contributed by atoms with Gasteiger partial charge in [0.1, 0.15) is 0 Å². The van der Waals surface area contributed by atoms with Crippen molar-refractivity contribution in [3.8, 4) is 0 Å². The number of amides is 2. The lowest BCUT2D eigenvalue weighted by Gasteiger charge is -2.34. The van der Waals surface area contributed by atoms with Gasteiger partial charge in [-0.2, -0.15) is 0 Å². The van der Waals surface area contributed by atoms with Gasteiger partial charge in [-0.25, -0.2) is 0 Å². The highest BCUT2D eigenvalue weighted by Crippen LogP contribution is 2.18. The quantitative estimate of drug-likeness (QED) is 0.849. The molecule has 0 radical (unpaired) electrons. The Balaban J connectivity index is 1.85. The van der Waals surface area contributed by atoms with E-state index in [0.717, 1.165) is 38.8 Å². The Bertz CT molecular complexity index is 568. The molecule has 0 aromatic heterocycles. The second kappa shape index (κ2) is 9.02. The molecular weight excluding hydrogens is 312 g/mol. The second-order valence-corrected chi connectivity index (χ2v) is 7.36. The van der Waals surface area contributed by atoms with E-state index in [9.17, 15) is 9.59 Å². The van der Waals surface area contributed by atoms with E-state index in [-0.39, 0.29) is 23.8 Å². The molecule has 1 aromatic rings. The number of nitrogens with zero attached hydrogens (tertiary/aromatic N) is 1. The van der Waals surface area contributed by atoms with Gasteiger partial charge in [0, 0.05) is 30.6 Å². The van der Waals surface area contributed by atoms with E-state index < -0.39 is 0 Å². The summed E-state index contributed by atoms with van der Waals surface area (Å²) in [5.41, 5.74) is 1.95. The van der Waals surface area contributed by atoms with Crippen LogP contribution in [0.1, 0.15) is 75.2 Å². The van der Waals surface area contributed by atoms with Crippen molar-refractivity contribution in [3.05, 3.63) is 35.4 Å². The number of piperidine rings is 1. The molecule has 0 spiro atoms. The molecule has 0 unspecified atom stereocenters. The zero-order valence-corrected chi connectivity index (χ0v) is 16.0. The first kappa shape index (κ1) is 19.5. The van der Waals surface area contributed by atoms with Gasteiger partial charge in [-0.1, -0.05) is 39.8 Å². The number of hydrogen-bond donors (Lipinski definition) is 1. The molecule has 2 rings (SSSR count). The summed E-state index contributed by atoms with van der Waals surface area (Å²) in [6.07, 6.45) is 3.47. The molecular formula is C21H32N2O2. The highest BCUT2D eigenvalue weighted by molar-refractivity contribution is 5.94. The number of nitrogens with one attached hydrogen (secondary N) is 1. The predicted octanol–water partition coefficient (Wildman–Crippen LogP) is 3.97. The normalized spacial score (nSPS) is 15.7. The van der Waals surface area contributed by atoms with Crippen LogP contribution >= 0.6 is 0 Å². The minimum Gasteiger partial charge on any atom is -0.349 e. The van der Waals surface area contributed by atoms with E-state index >= 15 is 0 Å². The fourth-order valence-corrected chi connectivity index (χ4v) is 3.43. The molecule has 1 aliphatic heterocycles. The molecule has 138 valence electrons. The Hall–Kier alpha value is -1.84. The van der Waals surface area contributed by atoms with Crippen LogP contribution in [0.15, 0.2) is 24.3 Å².